The number of para-hydroxylation sites is 2. The number of fused-ring (bicyclic) bond motifs is 1. The summed E-state index contributed by atoms with van der Waals surface area (Å²) in [5, 5.41) is 7.51. The second-order valence-corrected chi connectivity index (χ2v) is 8.86. The van der Waals surface area contributed by atoms with Crippen LogP contribution in [-0.2, 0) is 0 Å². The number of aromatic nitrogens is 3. The van der Waals surface area contributed by atoms with Gasteiger partial charge in [0.15, 0.2) is 5.13 Å². The summed E-state index contributed by atoms with van der Waals surface area (Å²) in [5.74, 6) is 0. The van der Waals surface area contributed by atoms with E-state index in [4.69, 9.17) is 10.7 Å². The van der Waals surface area contributed by atoms with Gasteiger partial charge in [-0.1, -0.05) is 48.2 Å². The van der Waals surface area contributed by atoms with Crippen molar-refractivity contribution in [2.45, 2.75) is 13.8 Å². The average molecular weight is 453 g/mol. The minimum absolute atomic E-state index is 0.688. The van der Waals surface area contributed by atoms with Gasteiger partial charge in [-0.25, -0.2) is 9.97 Å². The number of nitrogens with two attached hydrogens (primary N) is 1. The maximum Gasteiger partial charge on any atom is 0.187 e. The molecule has 0 aliphatic carbocycles. The maximum atomic E-state index is 6.02. The van der Waals surface area contributed by atoms with Crippen LogP contribution in [0.25, 0.3) is 21.9 Å². The maximum absolute atomic E-state index is 6.02. The summed E-state index contributed by atoms with van der Waals surface area (Å²) in [6.07, 6.45) is 1.90. The van der Waals surface area contributed by atoms with Crippen LogP contribution in [0.2, 0.25) is 0 Å². The predicted molar refractivity (Wildman–Crippen MR) is 139 cm³/mol. The molecule has 0 atom stereocenters. The molecular weight excluding hydrogens is 428 g/mol. The first-order valence-corrected chi connectivity index (χ1v) is 11.4. The van der Waals surface area contributed by atoms with Gasteiger partial charge in [-0.2, -0.15) is 0 Å². The van der Waals surface area contributed by atoms with E-state index < -0.39 is 0 Å². The number of benzene rings is 2. The molecular formula is C26H24N6S. The summed E-state index contributed by atoms with van der Waals surface area (Å²) in [7, 11) is 0. The lowest BCUT2D eigenvalue weighted by atomic mass is 10.1. The Morgan fingerprint density at radius 1 is 1.00 bits per heavy atom. The van der Waals surface area contributed by atoms with Crippen molar-refractivity contribution in [1.82, 2.24) is 14.4 Å². The Morgan fingerprint density at radius 3 is 2.58 bits per heavy atom. The van der Waals surface area contributed by atoms with Crippen molar-refractivity contribution < 1.29 is 0 Å². The summed E-state index contributed by atoms with van der Waals surface area (Å²) in [6, 6.07) is 21.9. The molecule has 0 spiro atoms. The number of pyridine rings is 1. The van der Waals surface area contributed by atoms with E-state index in [1.165, 1.54) is 0 Å². The number of rotatable bonds is 6. The molecule has 3 aromatic heterocycles. The summed E-state index contributed by atoms with van der Waals surface area (Å²) < 4.78 is 2.18. The number of nitrogens with zero attached hydrogens (tertiary/aromatic N) is 3. The van der Waals surface area contributed by atoms with E-state index in [2.05, 4.69) is 39.6 Å². The molecule has 5 aromatic rings. The molecule has 0 aliphatic rings. The van der Waals surface area contributed by atoms with Crippen molar-refractivity contribution in [3.05, 3.63) is 96.5 Å². The number of hydrogen-bond donors (Lipinski definition) is 3. The molecule has 6 nitrogen and oxygen atoms in total. The van der Waals surface area contributed by atoms with Gasteiger partial charge in [-0.05, 0) is 55.8 Å². The molecule has 0 radical (unpaired) electrons. The van der Waals surface area contributed by atoms with E-state index in [1.54, 1.807) is 11.3 Å². The third-order valence-corrected chi connectivity index (χ3v) is 6.40. The fourth-order valence-corrected chi connectivity index (χ4v) is 4.75. The van der Waals surface area contributed by atoms with E-state index in [1.807, 2.05) is 73.8 Å². The molecule has 0 fully saturated rings. The van der Waals surface area contributed by atoms with Gasteiger partial charge in [0.1, 0.15) is 5.65 Å². The number of aryl methyl sites for hydroxylation is 2. The fraction of sp³-hybridized carbons (Fsp3) is 0.0769. The van der Waals surface area contributed by atoms with E-state index >= 15 is 0 Å². The average Bonchev–Trinajstić information content (AvgIpc) is 3.39. The molecule has 2 aromatic carbocycles. The molecule has 7 heteroatoms. The SMILES string of the molecule is C=C(Nc1ccccc1N)c1ccc(Nc2ncc(-c3c(C)nc4cccc(C)n34)s2)cc1. The van der Waals surface area contributed by atoms with Crippen LogP contribution in [0.1, 0.15) is 17.0 Å². The zero-order chi connectivity index (χ0) is 22.9. The van der Waals surface area contributed by atoms with Crippen molar-refractivity contribution >= 4 is 44.9 Å². The predicted octanol–water partition coefficient (Wildman–Crippen LogP) is 6.48. The number of nitrogen functional groups attached to an aromatic ring is 1. The van der Waals surface area contributed by atoms with Gasteiger partial charge in [0.25, 0.3) is 0 Å². The van der Waals surface area contributed by atoms with Gasteiger partial charge in [-0.3, -0.25) is 4.40 Å². The van der Waals surface area contributed by atoms with Gasteiger partial charge < -0.3 is 16.4 Å². The smallest absolute Gasteiger partial charge is 0.187 e. The van der Waals surface area contributed by atoms with Crippen molar-refractivity contribution in [3.8, 4) is 10.6 Å². The Kier molecular flexibility index (Phi) is 5.32. The van der Waals surface area contributed by atoms with E-state index in [9.17, 15) is 0 Å². The van der Waals surface area contributed by atoms with Gasteiger partial charge in [0.05, 0.1) is 27.6 Å². The summed E-state index contributed by atoms with van der Waals surface area (Å²) in [4.78, 5) is 10.4. The molecule has 4 N–H and O–H groups in total. The molecule has 0 aliphatic heterocycles. The number of anilines is 4. The Morgan fingerprint density at radius 2 is 1.79 bits per heavy atom. The van der Waals surface area contributed by atoms with Crippen molar-refractivity contribution in [1.29, 1.82) is 0 Å². The van der Waals surface area contributed by atoms with Crippen LogP contribution in [0.4, 0.5) is 22.2 Å². The van der Waals surface area contributed by atoms with E-state index in [-0.39, 0.29) is 0 Å². The van der Waals surface area contributed by atoms with Crippen LogP contribution in [0, 0.1) is 13.8 Å². The third kappa shape index (κ3) is 4.06. The van der Waals surface area contributed by atoms with E-state index in [0.29, 0.717) is 5.69 Å². The highest BCUT2D eigenvalue weighted by molar-refractivity contribution is 7.18. The van der Waals surface area contributed by atoms with Crippen molar-refractivity contribution in [3.63, 3.8) is 0 Å². The Hall–Kier alpha value is -4.10. The molecule has 33 heavy (non-hydrogen) atoms. The Labute approximate surface area is 196 Å². The lowest BCUT2D eigenvalue weighted by Crippen LogP contribution is -2.00. The Balaban J connectivity index is 1.33. The van der Waals surface area contributed by atoms with Gasteiger partial charge in [0, 0.05) is 23.3 Å². The molecule has 164 valence electrons. The highest BCUT2D eigenvalue weighted by Gasteiger charge is 2.15. The lowest BCUT2D eigenvalue weighted by Gasteiger charge is -2.12. The summed E-state index contributed by atoms with van der Waals surface area (Å²) in [5.41, 5.74) is 14.5. The molecule has 0 unspecified atom stereocenters. The fourth-order valence-electron chi connectivity index (χ4n) is 3.82. The third-order valence-electron chi connectivity index (χ3n) is 5.48. The van der Waals surface area contributed by atoms with Gasteiger partial charge in [-0.15, -0.1) is 0 Å². The second kappa shape index (κ2) is 8.44. The normalized spacial score (nSPS) is 11.0. The Bertz CT molecular complexity index is 1460. The minimum Gasteiger partial charge on any atom is -0.397 e. The zero-order valence-corrected chi connectivity index (χ0v) is 19.3. The van der Waals surface area contributed by atoms with Crippen molar-refractivity contribution in [2.75, 3.05) is 16.4 Å². The summed E-state index contributed by atoms with van der Waals surface area (Å²) in [6.45, 7) is 8.27. The second-order valence-electron chi connectivity index (χ2n) is 7.83. The molecule has 0 saturated heterocycles. The monoisotopic (exact) mass is 452 g/mol. The lowest BCUT2D eigenvalue weighted by molar-refractivity contribution is 1.10. The molecule has 0 bridgehead atoms. The van der Waals surface area contributed by atoms with Crippen LogP contribution in [0.15, 0.2) is 79.5 Å². The highest BCUT2D eigenvalue weighted by atomic mass is 32.1. The first-order valence-electron chi connectivity index (χ1n) is 10.6. The van der Waals surface area contributed by atoms with Gasteiger partial charge in [0.2, 0.25) is 0 Å². The summed E-state index contributed by atoms with van der Waals surface area (Å²) >= 11 is 1.61. The van der Waals surface area contributed by atoms with Crippen LogP contribution >= 0.6 is 11.3 Å². The quantitative estimate of drug-likeness (QED) is 0.257. The first-order chi connectivity index (χ1) is 16.0. The number of hydrogen-bond acceptors (Lipinski definition) is 6. The topological polar surface area (TPSA) is 80.3 Å². The molecule has 3 heterocycles. The van der Waals surface area contributed by atoms with Gasteiger partial charge >= 0.3 is 0 Å². The standard InChI is InChI=1S/C26H24N6S/c1-16-7-6-10-24-30-18(3)25(32(16)24)23-15-28-26(33-23)31-20-13-11-19(12-14-20)17(2)29-22-9-5-4-8-21(22)27/h4-15,29H,2,27H2,1,3H3,(H,28,31). The largest absolute Gasteiger partial charge is 0.397 e. The first kappa shape index (κ1) is 20.8. The van der Waals surface area contributed by atoms with Crippen LogP contribution < -0.4 is 16.4 Å². The highest BCUT2D eigenvalue weighted by Crippen LogP contribution is 2.34. The van der Waals surface area contributed by atoms with Crippen LogP contribution in [-0.4, -0.2) is 14.4 Å². The molecule has 0 saturated carbocycles. The molecule has 5 rings (SSSR count). The zero-order valence-electron chi connectivity index (χ0n) is 18.5. The van der Waals surface area contributed by atoms with Crippen LogP contribution in [0.5, 0.6) is 0 Å². The van der Waals surface area contributed by atoms with E-state index in [0.717, 1.165) is 55.4 Å². The van der Waals surface area contributed by atoms with Crippen molar-refractivity contribution in [2.24, 2.45) is 0 Å². The van der Waals surface area contributed by atoms with Crippen LogP contribution in [0.3, 0.4) is 0 Å². The number of nitrogens with one attached hydrogen (secondary N) is 2. The number of imidazole rings is 1. The minimum atomic E-state index is 0.688. The molecule has 0 amide bonds. The number of thiazole rings is 1.